The first-order valence-electron chi connectivity index (χ1n) is 7.10. The first-order valence-corrected chi connectivity index (χ1v) is 7.10. The highest BCUT2D eigenvalue weighted by atomic mass is 16.6. The zero-order valence-corrected chi connectivity index (χ0v) is 12.2. The van der Waals surface area contributed by atoms with Gasteiger partial charge in [0.15, 0.2) is 0 Å². The summed E-state index contributed by atoms with van der Waals surface area (Å²) in [5.74, 6) is 0.796. The fraction of sp³-hybridized carbons (Fsp3) is 0.800. The molecule has 1 aromatic heterocycles. The van der Waals surface area contributed by atoms with Gasteiger partial charge >= 0.3 is 5.82 Å². The number of hydrogen-bond acceptors (Lipinski definition) is 3. The van der Waals surface area contributed by atoms with Gasteiger partial charge in [-0.1, -0.05) is 46.5 Å². The van der Waals surface area contributed by atoms with Crippen LogP contribution in [0.4, 0.5) is 0 Å². The monoisotopic (exact) mass is 254 g/mol. The van der Waals surface area contributed by atoms with Gasteiger partial charge in [-0.3, -0.25) is 0 Å². The van der Waals surface area contributed by atoms with E-state index in [0.717, 1.165) is 12.2 Å². The van der Waals surface area contributed by atoms with E-state index in [1.165, 1.54) is 38.5 Å². The minimum Gasteiger partial charge on any atom is -0.396 e. The second-order valence-corrected chi connectivity index (χ2v) is 5.63. The van der Waals surface area contributed by atoms with Crippen LogP contribution in [0.25, 0.3) is 0 Å². The summed E-state index contributed by atoms with van der Waals surface area (Å²) in [4.78, 5) is 11.1. The van der Waals surface area contributed by atoms with E-state index < -0.39 is 5.82 Å². The Labute approximate surface area is 110 Å². The fourth-order valence-electron chi connectivity index (χ4n) is 2.43. The Bertz CT molecular complexity index is 392. The molecule has 0 amide bonds. The molecule has 0 bridgehead atoms. The molecule has 0 N–H and O–H groups in total. The second kappa shape index (κ2) is 6.81. The standard InChI is InChI=1S/C15H26O3/c1-5-7-9-15(4,10-8-6-2)11-13-12(3)17-14(16)18-13/h5-11H2,1-4H3. The van der Waals surface area contributed by atoms with Crippen LogP contribution in [0.3, 0.4) is 0 Å². The van der Waals surface area contributed by atoms with Crippen LogP contribution in [0.5, 0.6) is 0 Å². The zero-order valence-electron chi connectivity index (χ0n) is 12.2. The molecule has 0 radical (unpaired) electrons. The van der Waals surface area contributed by atoms with E-state index in [9.17, 15) is 4.79 Å². The van der Waals surface area contributed by atoms with Gasteiger partial charge < -0.3 is 8.83 Å². The molecule has 3 heteroatoms. The van der Waals surface area contributed by atoms with Crippen molar-refractivity contribution in [1.29, 1.82) is 0 Å². The summed E-state index contributed by atoms with van der Waals surface area (Å²) < 4.78 is 10.1. The molecule has 0 saturated heterocycles. The SMILES string of the molecule is CCCCC(C)(CCCC)Cc1oc(=O)oc1C. The van der Waals surface area contributed by atoms with Gasteiger partial charge in [0.25, 0.3) is 0 Å². The molecule has 0 unspecified atom stereocenters. The van der Waals surface area contributed by atoms with Gasteiger partial charge in [0.1, 0.15) is 11.5 Å². The van der Waals surface area contributed by atoms with Crippen molar-refractivity contribution in [2.24, 2.45) is 5.41 Å². The van der Waals surface area contributed by atoms with Gasteiger partial charge in [-0.05, 0) is 25.2 Å². The van der Waals surface area contributed by atoms with Crippen LogP contribution >= 0.6 is 0 Å². The van der Waals surface area contributed by atoms with Crippen molar-refractivity contribution in [3.63, 3.8) is 0 Å². The molecule has 18 heavy (non-hydrogen) atoms. The van der Waals surface area contributed by atoms with Gasteiger partial charge in [0.05, 0.1) is 0 Å². The second-order valence-electron chi connectivity index (χ2n) is 5.63. The lowest BCUT2D eigenvalue weighted by Gasteiger charge is -2.28. The minimum absolute atomic E-state index is 0.219. The lowest BCUT2D eigenvalue weighted by atomic mass is 9.76. The summed E-state index contributed by atoms with van der Waals surface area (Å²) >= 11 is 0. The number of hydrogen-bond donors (Lipinski definition) is 0. The van der Waals surface area contributed by atoms with Crippen LogP contribution in [0, 0.1) is 12.3 Å². The summed E-state index contributed by atoms with van der Waals surface area (Å²) in [5, 5.41) is 0. The first kappa shape index (κ1) is 15.1. The molecule has 0 atom stereocenters. The first-order chi connectivity index (χ1) is 8.50. The third-order valence-electron chi connectivity index (χ3n) is 3.69. The molecule has 104 valence electrons. The third-order valence-corrected chi connectivity index (χ3v) is 3.69. The predicted octanol–water partition coefficient (Wildman–Crippen LogP) is 4.47. The number of unbranched alkanes of at least 4 members (excludes halogenated alkanes) is 2. The Morgan fingerprint density at radius 3 is 2.00 bits per heavy atom. The van der Waals surface area contributed by atoms with Gasteiger partial charge in [0.2, 0.25) is 0 Å². The Hall–Kier alpha value is -0.990. The topological polar surface area (TPSA) is 43.4 Å². The van der Waals surface area contributed by atoms with E-state index in [1.807, 2.05) is 0 Å². The summed E-state index contributed by atoms with van der Waals surface area (Å²) in [6.45, 7) is 8.53. The summed E-state index contributed by atoms with van der Waals surface area (Å²) in [6, 6.07) is 0. The molecular formula is C15H26O3. The molecule has 0 spiro atoms. The van der Waals surface area contributed by atoms with E-state index in [4.69, 9.17) is 8.83 Å². The molecule has 1 rings (SSSR count). The molecule has 1 aromatic rings. The van der Waals surface area contributed by atoms with Crippen LogP contribution in [-0.2, 0) is 6.42 Å². The largest absolute Gasteiger partial charge is 0.519 e. The maximum Gasteiger partial charge on any atom is 0.519 e. The summed E-state index contributed by atoms with van der Waals surface area (Å²) in [6.07, 6.45) is 8.02. The van der Waals surface area contributed by atoms with Crippen molar-refractivity contribution in [1.82, 2.24) is 0 Å². The molecule has 1 heterocycles. The molecule has 0 aromatic carbocycles. The maximum absolute atomic E-state index is 11.1. The number of rotatable bonds is 8. The van der Waals surface area contributed by atoms with Crippen LogP contribution in [0.2, 0.25) is 0 Å². The van der Waals surface area contributed by atoms with Crippen LogP contribution in [0.15, 0.2) is 13.6 Å². The van der Waals surface area contributed by atoms with Crippen LogP contribution in [-0.4, -0.2) is 0 Å². The van der Waals surface area contributed by atoms with Crippen LogP contribution < -0.4 is 5.82 Å². The highest BCUT2D eigenvalue weighted by molar-refractivity contribution is 5.04. The van der Waals surface area contributed by atoms with E-state index in [2.05, 4.69) is 20.8 Å². The van der Waals surface area contributed by atoms with Gasteiger partial charge in [0, 0.05) is 6.42 Å². The lowest BCUT2D eigenvalue weighted by Crippen LogP contribution is -2.20. The third kappa shape index (κ3) is 4.35. The summed E-state index contributed by atoms with van der Waals surface area (Å²) in [5.41, 5.74) is 0.219. The molecule has 0 aliphatic heterocycles. The molecular weight excluding hydrogens is 228 g/mol. The Morgan fingerprint density at radius 2 is 1.61 bits per heavy atom. The highest BCUT2D eigenvalue weighted by Crippen LogP contribution is 2.35. The van der Waals surface area contributed by atoms with Crippen LogP contribution in [0.1, 0.15) is 70.8 Å². The minimum atomic E-state index is -0.573. The normalized spacial score (nSPS) is 12.0. The average molecular weight is 254 g/mol. The Morgan fingerprint density at radius 1 is 1.06 bits per heavy atom. The highest BCUT2D eigenvalue weighted by Gasteiger charge is 2.27. The average Bonchev–Trinajstić information content (AvgIpc) is 2.63. The van der Waals surface area contributed by atoms with Crippen molar-refractivity contribution < 1.29 is 8.83 Å². The quantitative estimate of drug-likeness (QED) is 0.687. The van der Waals surface area contributed by atoms with Crippen molar-refractivity contribution >= 4 is 0 Å². The van der Waals surface area contributed by atoms with E-state index in [0.29, 0.717) is 5.76 Å². The fourth-order valence-corrected chi connectivity index (χ4v) is 2.43. The summed E-state index contributed by atoms with van der Waals surface area (Å²) in [7, 11) is 0. The molecule has 0 aliphatic rings. The Balaban J connectivity index is 2.76. The van der Waals surface area contributed by atoms with E-state index in [-0.39, 0.29) is 5.41 Å². The smallest absolute Gasteiger partial charge is 0.396 e. The van der Waals surface area contributed by atoms with Gasteiger partial charge in [-0.25, -0.2) is 4.79 Å². The van der Waals surface area contributed by atoms with Crippen molar-refractivity contribution in [3.8, 4) is 0 Å². The zero-order chi connectivity index (χ0) is 13.6. The number of aryl methyl sites for hydroxylation is 1. The van der Waals surface area contributed by atoms with E-state index in [1.54, 1.807) is 6.92 Å². The molecule has 0 fully saturated rings. The molecule has 0 saturated carbocycles. The Kier molecular flexibility index (Phi) is 5.70. The predicted molar refractivity (Wildman–Crippen MR) is 72.8 cm³/mol. The van der Waals surface area contributed by atoms with Crippen molar-refractivity contribution in [3.05, 3.63) is 22.1 Å². The van der Waals surface area contributed by atoms with Crippen molar-refractivity contribution in [2.45, 2.75) is 72.6 Å². The molecule has 3 nitrogen and oxygen atoms in total. The maximum atomic E-state index is 11.1. The lowest BCUT2D eigenvalue weighted by molar-refractivity contribution is 0.234. The molecule has 0 aliphatic carbocycles. The van der Waals surface area contributed by atoms with Gasteiger partial charge in [-0.15, -0.1) is 0 Å². The van der Waals surface area contributed by atoms with Crippen molar-refractivity contribution in [2.75, 3.05) is 0 Å². The van der Waals surface area contributed by atoms with Gasteiger partial charge in [-0.2, -0.15) is 0 Å². The van der Waals surface area contributed by atoms with E-state index >= 15 is 0 Å².